The van der Waals surface area contributed by atoms with Crippen LogP contribution in [0.1, 0.15) is 26.0 Å². The van der Waals surface area contributed by atoms with Crippen LogP contribution in [0, 0.1) is 0 Å². The van der Waals surface area contributed by atoms with E-state index in [0.717, 1.165) is 30.2 Å². The average Bonchev–Trinajstić information content (AvgIpc) is 2.78. The molecule has 0 radical (unpaired) electrons. The van der Waals surface area contributed by atoms with Gasteiger partial charge in [0.1, 0.15) is 10.7 Å². The maximum atomic E-state index is 11.8. The topological polar surface area (TPSA) is 70.2 Å². The van der Waals surface area contributed by atoms with Crippen molar-refractivity contribution in [3.8, 4) is 0 Å². The summed E-state index contributed by atoms with van der Waals surface area (Å²) in [5, 5.41) is 11.3. The number of nitrogens with one attached hydrogen (secondary N) is 2. The minimum Gasteiger partial charge on any atom is -0.374 e. The fourth-order valence-corrected chi connectivity index (χ4v) is 2.83. The number of rotatable bonds is 5. The first kappa shape index (κ1) is 13.2. The molecule has 1 aromatic rings. The summed E-state index contributed by atoms with van der Waals surface area (Å²) in [4.78, 5) is 14.0. The SMILES string of the molecule is CCNc1snnc1CN1CCNC(=O)C1CC. The van der Waals surface area contributed by atoms with Crippen LogP contribution in [0.4, 0.5) is 5.00 Å². The molecule has 0 aromatic carbocycles. The lowest BCUT2D eigenvalue weighted by Gasteiger charge is -2.33. The smallest absolute Gasteiger partial charge is 0.237 e. The van der Waals surface area contributed by atoms with Crippen LogP contribution < -0.4 is 10.6 Å². The first-order valence-electron chi connectivity index (χ1n) is 6.33. The van der Waals surface area contributed by atoms with Gasteiger partial charge in [0.05, 0.1) is 6.04 Å². The third-order valence-corrected chi connectivity index (χ3v) is 3.80. The van der Waals surface area contributed by atoms with Crippen LogP contribution in [-0.2, 0) is 11.3 Å². The summed E-state index contributed by atoms with van der Waals surface area (Å²) in [7, 11) is 0. The van der Waals surface area contributed by atoms with E-state index in [-0.39, 0.29) is 11.9 Å². The van der Waals surface area contributed by atoms with Crippen molar-refractivity contribution in [1.82, 2.24) is 19.8 Å². The van der Waals surface area contributed by atoms with Gasteiger partial charge in [-0.3, -0.25) is 9.69 Å². The van der Waals surface area contributed by atoms with E-state index in [1.807, 2.05) is 13.8 Å². The fraction of sp³-hybridized carbons (Fsp3) is 0.727. The molecule has 0 saturated carbocycles. The van der Waals surface area contributed by atoms with E-state index in [1.165, 1.54) is 11.5 Å². The van der Waals surface area contributed by atoms with Crippen LogP contribution in [0.2, 0.25) is 0 Å². The van der Waals surface area contributed by atoms with Crippen molar-refractivity contribution in [3.63, 3.8) is 0 Å². The molecule has 1 aromatic heterocycles. The molecule has 1 atom stereocenters. The molecule has 1 unspecified atom stereocenters. The zero-order chi connectivity index (χ0) is 13.0. The van der Waals surface area contributed by atoms with Crippen molar-refractivity contribution in [3.05, 3.63) is 5.69 Å². The number of aromatic nitrogens is 2. The van der Waals surface area contributed by atoms with Crippen molar-refractivity contribution in [2.24, 2.45) is 0 Å². The van der Waals surface area contributed by atoms with E-state index < -0.39 is 0 Å². The Bertz CT molecular complexity index is 408. The van der Waals surface area contributed by atoms with Gasteiger partial charge in [0.2, 0.25) is 5.91 Å². The first-order chi connectivity index (χ1) is 8.76. The molecule has 0 bridgehead atoms. The molecule has 1 saturated heterocycles. The van der Waals surface area contributed by atoms with Crippen molar-refractivity contribution >= 4 is 22.4 Å². The van der Waals surface area contributed by atoms with Gasteiger partial charge in [-0.1, -0.05) is 11.4 Å². The second kappa shape index (κ2) is 6.10. The van der Waals surface area contributed by atoms with Crippen molar-refractivity contribution in [1.29, 1.82) is 0 Å². The predicted octanol–water partition coefficient (Wildman–Crippen LogP) is 0.680. The van der Waals surface area contributed by atoms with Crippen molar-refractivity contribution in [2.45, 2.75) is 32.9 Å². The quantitative estimate of drug-likeness (QED) is 0.822. The molecule has 1 amide bonds. The van der Waals surface area contributed by atoms with E-state index in [0.29, 0.717) is 13.1 Å². The molecule has 1 aliphatic rings. The highest BCUT2D eigenvalue weighted by Gasteiger charge is 2.29. The van der Waals surface area contributed by atoms with E-state index in [1.54, 1.807) is 0 Å². The molecule has 100 valence electrons. The molecule has 0 aliphatic carbocycles. The molecule has 6 nitrogen and oxygen atoms in total. The summed E-state index contributed by atoms with van der Waals surface area (Å²) in [6.07, 6.45) is 0.819. The second-order valence-electron chi connectivity index (χ2n) is 4.26. The lowest BCUT2D eigenvalue weighted by atomic mass is 10.1. The standard InChI is InChI=1S/C11H19N5OS/c1-3-9-10(17)13-5-6-16(9)7-8-11(12-4-2)18-15-14-8/h9,12H,3-7H2,1-2H3,(H,13,17). The summed E-state index contributed by atoms with van der Waals surface area (Å²) in [5.74, 6) is 0.122. The van der Waals surface area contributed by atoms with Gasteiger partial charge in [-0.15, -0.1) is 5.10 Å². The summed E-state index contributed by atoms with van der Waals surface area (Å²) in [6, 6.07) is -0.0464. The van der Waals surface area contributed by atoms with Gasteiger partial charge >= 0.3 is 0 Å². The van der Waals surface area contributed by atoms with E-state index in [4.69, 9.17) is 0 Å². The number of carbonyl (C=O) groups excluding carboxylic acids is 1. The number of hydrogen-bond acceptors (Lipinski definition) is 6. The van der Waals surface area contributed by atoms with Gasteiger partial charge in [-0.25, -0.2) is 0 Å². The number of hydrogen-bond donors (Lipinski definition) is 2. The van der Waals surface area contributed by atoms with Gasteiger partial charge in [-0.2, -0.15) is 0 Å². The Morgan fingerprint density at radius 3 is 3.11 bits per heavy atom. The highest BCUT2D eigenvalue weighted by Crippen LogP contribution is 2.21. The summed E-state index contributed by atoms with van der Waals surface area (Å²) in [6.45, 7) is 7.20. The third-order valence-electron chi connectivity index (χ3n) is 3.07. The Hall–Kier alpha value is -1.21. The Kier molecular flexibility index (Phi) is 4.48. The molecule has 1 aliphatic heterocycles. The normalized spacial score (nSPS) is 20.8. The number of piperazine rings is 1. The van der Waals surface area contributed by atoms with Crippen LogP contribution in [-0.4, -0.2) is 46.1 Å². The number of carbonyl (C=O) groups is 1. The Morgan fingerprint density at radius 1 is 1.56 bits per heavy atom. The molecule has 18 heavy (non-hydrogen) atoms. The molecular formula is C11H19N5OS. The first-order valence-corrected chi connectivity index (χ1v) is 7.10. The van der Waals surface area contributed by atoms with Crippen LogP contribution in [0.5, 0.6) is 0 Å². The molecule has 1 fully saturated rings. The Labute approximate surface area is 111 Å². The Balaban J connectivity index is 2.07. The summed E-state index contributed by atoms with van der Waals surface area (Å²) in [5.41, 5.74) is 0.940. The molecule has 2 rings (SSSR count). The molecule has 0 spiro atoms. The van der Waals surface area contributed by atoms with Gasteiger partial charge in [0.25, 0.3) is 0 Å². The van der Waals surface area contributed by atoms with Crippen molar-refractivity contribution < 1.29 is 4.79 Å². The zero-order valence-corrected chi connectivity index (χ0v) is 11.6. The summed E-state index contributed by atoms with van der Waals surface area (Å²) < 4.78 is 3.98. The van der Waals surface area contributed by atoms with Crippen molar-refractivity contribution in [2.75, 3.05) is 25.0 Å². The summed E-state index contributed by atoms with van der Waals surface area (Å²) >= 11 is 1.37. The maximum Gasteiger partial charge on any atom is 0.237 e. The number of amides is 1. The van der Waals surface area contributed by atoms with Crippen LogP contribution in [0.3, 0.4) is 0 Å². The number of anilines is 1. The zero-order valence-electron chi connectivity index (χ0n) is 10.8. The highest BCUT2D eigenvalue weighted by molar-refractivity contribution is 7.10. The molecule has 7 heteroatoms. The van der Waals surface area contributed by atoms with Crippen LogP contribution in [0.25, 0.3) is 0 Å². The second-order valence-corrected chi connectivity index (χ2v) is 5.02. The van der Waals surface area contributed by atoms with Crippen LogP contribution in [0.15, 0.2) is 0 Å². The third kappa shape index (κ3) is 2.78. The maximum absolute atomic E-state index is 11.8. The van der Waals surface area contributed by atoms with Crippen LogP contribution >= 0.6 is 11.5 Å². The largest absolute Gasteiger partial charge is 0.374 e. The minimum atomic E-state index is -0.0464. The monoisotopic (exact) mass is 269 g/mol. The lowest BCUT2D eigenvalue weighted by Crippen LogP contribution is -2.54. The predicted molar refractivity (Wildman–Crippen MR) is 71.6 cm³/mol. The molecule has 2 heterocycles. The van der Waals surface area contributed by atoms with Gasteiger partial charge < -0.3 is 10.6 Å². The van der Waals surface area contributed by atoms with E-state index >= 15 is 0 Å². The van der Waals surface area contributed by atoms with Gasteiger partial charge in [-0.05, 0) is 13.3 Å². The highest BCUT2D eigenvalue weighted by atomic mass is 32.1. The van der Waals surface area contributed by atoms with Gasteiger partial charge in [0, 0.05) is 37.7 Å². The minimum absolute atomic E-state index is 0.0464. The number of nitrogens with zero attached hydrogens (tertiary/aromatic N) is 3. The fourth-order valence-electron chi connectivity index (χ4n) is 2.19. The Morgan fingerprint density at radius 2 is 2.39 bits per heavy atom. The van der Waals surface area contributed by atoms with Gasteiger partial charge in [0.15, 0.2) is 0 Å². The van der Waals surface area contributed by atoms with E-state index in [2.05, 4.69) is 25.1 Å². The average molecular weight is 269 g/mol. The molecular weight excluding hydrogens is 250 g/mol. The van der Waals surface area contributed by atoms with E-state index in [9.17, 15) is 4.79 Å². The lowest BCUT2D eigenvalue weighted by molar-refractivity contribution is -0.129. The molecule has 2 N–H and O–H groups in total.